The van der Waals surface area contributed by atoms with Crippen LogP contribution in [-0.2, 0) is 0 Å². The van der Waals surface area contributed by atoms with Crippen molar-refractivity contribution in [3.63, 3.8) is 0 Å². The first-order chi connectivity index (χ1) is 6.83. The molecule has 0 aliphatic carbocycles. The normalized spacial score (nSPS) is 10.1. The lowest BCUT2D eigenvalue weighted by Gasteiger charge is -1.92. The summed E-state index contributed by atoms with van der Waals surface area (Å²) < 4.78 is 1.07. The number of azide groups is 1. The van der Waals surface area contributed by atoms with Crippen molar-refractivity contribution in [2.75, 3.05) is 6.54 Å². The molecule has 0 saturated heterocycles. The van der Waals surface area contributed by atoms with Crippen molar-refractivity contribution in [2.24, 2.45) is 5.11 Å². The van der Waals surface area contributed by atoms with Gasteiger partial charge in [0.2, 0.25) is 0 Å². The lowest BCUT2D eigenvalue weighted by atomic mass is 10.2. The van der Waals surface area contributed by atoms with Gasteiger partial charge >= 0.3 is 0 Å². The molecular formula is C10H10BrN3. The summed E-state index contributed by atoms with van der Waals surface area (Å²) in [5.74, 6) is 0. The van der Waals surface area contributed by atoms with E-state index in [0.29, 0.717) is 6.54 Å². The highest BCUT2D eigenvalue weighted by Crippen LogP contribution is 2.11. The molecule has 14 heavy (non-hydrogen) atoms. The predicted molar refractivity (Wildman–Crippen MR) is 61.8 cm³/mol. The third-order valence-corrected chi connectivity index (χ3v) is 2.17. The van der Waals surface area contributed by atoms with Gasteiger partial charge in [0.25, 0.3) is 0 Å². The Kier molecular flexibility index (Phi) is 4.83. The van der Waals surface area contributed by atoms with Gasteiger partial charge in [0.15, 0.2) is 0 Å². The highest BCUT2D eigenvalue weighted by Gasteiger charge is 1.86. The van der Waals surface area contributed by atoms with Gasteiger partial charge in [0.1, 0.15) is 0 Å². The summed E-state index contributed by atoms with van der Waals surface area (Å²) in [6, 6.07) is 8.03. The van der Waals surface area contributed by atoms with Crippen molar-refractivity contribution in [3.8, 4) is 0 Å². The molecule has 0 bridgehead atoms. The first-order valence-electron chi connectivity index (χ1n) is 4.26. The van der Waals surface area contributed by atoms with Crippen LogP contribution >= 0.6 is 15.9 Å². The van der Waals surface area contributed by atoms with Crippen LogP contribution in [0.2, 0.25) is 0 Å². The van der Waals surface area contributed by atoms with Crippen molar-refractivity contribution in [2.45, 2.75) is 6.42 Å². The van der Waals surface area contributed by atoms with Crippen LogP contribution in [0, 0.1) is 0 Å². The largest absolute Gasteiger partial charge is 0.0937 e. The van der Waals surface area contributed by atoms with E-state index in [1.165, 1.54) is 0 Å². The second-order valence-corrected chi connectivity index (χ2v) is 3.61. The summed E-state index contributed by atoms with van der Waals surface area (Å²) in [6.45, 7) is 0.517. The predicted octanol–water partition coefficient (Wildman–Crippen LogP) is 4.16. The Balaban J connectivity index is 2.43. The first kappa shape index (κ1) is 10.8. The average molecular weight is 252 g/mol. The Hall–Kier alpha value is -1.25. The molecule has 0 amide bonds. The monoisotopic (exact) mass is 251 g/mol. The fourth-order valence-corrected chi connectivity index (χ4v) is 1.23. The van der Waals surface area contributed by atoms with Gasteiger partial charge in [-0.2, -0.15) is 0 Å². The molecule has 1 aromatic carbocycles. The number of rotatable bonds is 4. The zero-order valence-corrected chi connectivity index (χ0v) is 9.18. The molecule has 4 heteroatoms. The lowest BCUT2D eigenvalue weighted by molar-refractivity contribution is 0.996. The molecule has 0 fully saturated rings. The summed E-state index contributed by atoms with van der Waals surface area (Å²) in [4.78, 5) is 2.68. The number of benzene rings is 1. The van der Waals surface area contributed by atoms with Crippen molar-refractivity contribution in [3.05, 3.63) is 50.8 Å². The van der Waals surface area contributed by atoms with Crippen molar-refractivity contribution >= 4 is 22.0 Å². The van der Waals surface area contributed by atoms with E-state index in [9.17, 15) is 0 Å². The van der Waals surface area contributed by atoms with Crippen molar-refractivity contribution in [1.29, 1.82) is 0 Å². The van der Waals surface area contributed by atoms with Crippen LogP contribution in [0.1, 0.15) is 12.0 Å². The Morgan fingerprint density at radius 3 is 2.71 bits per heavy atom. The minimum absolute atomic E-state index is 0.517. The van der Waals surface area contributed by atoms with Crippen LogP contribution in [0.4, 0.5) is 0 Å². The fourth-order valence-electron chi connectivity index (χ4n) is 0.970. The molecular weight excluding hydrogens is 242 g/mol. The zero-order valence-electron chi connectivity index (χ0n) is 7.60. The maximum Gasteiger partial charge on any atom is 0.0292 e. The van der Waals surface area contributed by atoms with Crippen molar-refractivity contribution in [1.82, 2.24) is 0 Å². The smallest absolute Gasteiger partial charge is 0.0292 e. The van der Waals surface area contributed by atoms with E-state index in [2.05, 4.69) is 26.0 Å². The molecule has 0 unspecified atom stereocenters. The molecule has 3 nitrogen and oxygen atoms in total. The Morgan fingerprint density at radius 2 is 2.07 bits per heavy atom. The molecule has 0 saturated carbocycles. The van der Waals surface area contributed by atoms with Gasteiger partial charge < -0.3 is 0 Å². The van der Waals surface area contributed by atoms with Gasteiger partial charge in [0, 0.05) is 15.9 Å². The highest BCUT2D eigenvalue weighted by atomic mass is 79.9. The fraction of sp³-hybridized carbons (Fsp3) is 0.200. The second kappa shape index (κ2) is 6.24. The van der Waals surface area contributed by atoms with Crippen LogP contribution in [0.15, 0.2) is 39.9 Å². The minimum atomic E-state index is 0.517. The summed E-state index contributed by atoms with van der Waals surface area (Å²) in [6.07, 6.45) is 4.79. The van der Waals surface area contributed by atoms with Gasteiger partial charge in [-0.1, -0.05) is 45.3 Å². The number of nitrogens with zero attached hydrogens (tertiary/aromatic N) is 3. The quantitative estimate of drug-likeness (QED) is 0.334. The SMILES string of the molecule is [N-]=[N+]=NCCC=Cc1ccc(Br)cc1. The molecule has 1 rings (SSSR count). The maximum absolute atomic E-state index is 8.04. The first-order valence-corrected chi connectivity index (χ1v) is 5.05. The molecule has 0 radical (unpaired) electrons. The number of hydrogen-bond donors (Lipinski definition) is 0. The molecule has 0 heterocycles. The molecule has 72 valence electrons. The topological polar surface area (TPSA) is 48.8 Å². The van der Waals surface area contributed by atoms with E-state index in [0.717, 1.165) is 16.5 Å². The third-order valence-electron chi connectivity index (χ3n) is 1.64. The molecule has 0 aromatic heterocycles. The van der Waals surface area contributed by atoms with Gasteiger partial charge in [-0.05, 0) is 29.6 Å². The number of halogens is 1. The van der Waals surface area contributed by atoms with E-state index >= 15 is 0 Å². The summed E-state index contributed by atoms with van der Waals surface area (Å²) >= 11 is 3.37. The van der Waals surface area contributed by atoms with Crippen LogP contribution < -0.4 is 0 Å². The van der Waals surface area contributed by atoms with E-state index in [1.807, 2.05) is 36.4 Å². The van der Waals surface area contributed by atoms with E-state index in [-0.39, 0.29) is 0 Å². The maximum atomic E-state index is 8.04. The number of hydrogen-bond acceptors (Lipinski definition) is 1. The average Bonchev–Trinajstić information content (AvgIpc) is 2.21. The van der Waals surface area contributed by atoms with Crippen LogP contribution in [0.5, 0.6) is 0 Å². The summed E-state index contributed by atoms with van der Waals surface area (Å²) in [5.41, 5.74) is 9.19. The molecule has 0 aliphatic heterocycles. The Labute approximate surface area is 91.2 Å². The lowest BCUT2D eigenvalue weighted by Crippen LogP contribution is -1.74. The van der Waals surface area contributed by atoms with Gasteiger partial charge in [-0.3, -0.25) is 0 Å². The Bertz CT molecular complexity index is 350. The Morgan fingerprint density at radius 1 is 1.36 bits per heavy atom. The van der Waals surface area contributed by atoms with Crippen LogP contribution in [0.3, 0.4) is 0 Å². The van der Waals surface area contributed by atoms with E-state index < -0.39 is 0 Å². The van der Waals surface area contributed by atoms with Crippen molar-refractivity contribution < 1.29 is 0 Å². The van der Waals surface area contributed by atoms with Gasteiger partial charge in [-0.15, -0.1) is 0 Å². The highest BCUT2D eigenvalue weighted by molar-refractivity contribution is 9.10. The molecule has 0 spiro atoms. The van der Waals surface area contributed by atoms with Gasteiger partial charge in [0.05, 0.1) is 0 Å². The molecule has 0 aliphatic rings. The summed E-state index contributed by atoms with van der Waals surface area (Å²) in [5, 5.41) is 3.44. The third kappa shape index (κ3) is 4.12. The minimum Gasteiger partial charge on any atom is -0.0937 e. The second-order valence-electron chi connectivity index (χ2n) is 2.70. The van der Waals surface area contributed by atoms with Crippen LogP contribution in [0.25, 0.3) is 16.5 Å². The van der Waals surface area contributed by atoms with E-state index in [1.54, 1.807) is 0 Å². The summed E-state index contributed by atoms with van der Waals surface area (Å²) in [7, 11) is 0. The molecule has 1 aromatic rings. The van der Waals surface area contributed by atoms with Gasteiger partial charge in [-0.25, -0.2) is 0 Å². The molecule has 0 atom stereocenters. The standard InChI is InChI=1S/C10H10BrN3/c11-10-6-4-9(5-7-10)3-1-2-8-13-14-12/h1,3-7H,2,8H2. The van der Waals surface area contributed by atoms with Crippen LogP contribution in [-0.4, -0.2) is 6.54 Å². The zero-order chi connectivity index (χ0) is 10.2. The molecule has 0 N–H and O–H groups in total. The van der Waals surface area contributed by atoms with E-state index in [4.69, 9.17) is 5.53 Å².